The van der Waals surface area contributed by atoms with Gasteiger partial charge < -0.3 is 10.1 Å². The highest BCUT2D eigenvalue weighted by Gasteiger charge is 2.14. The van der Waals surface area contributed by atoms with Crippen molar-refractivity contribution in [2.75, 3.05) is 7.11 Å². The van der Waals surface area contributed by atoms with Crippen molar-refractivity contribution in [3.05, 3.63) is 34.2 Å². The number of rotatable bonds is 4. The highest BCUT2D eigenvalue weighted by molar-refractivity contribution is 5.77. The molecule has 6 heteroatoms. The van der Waals surface area contributed by atoms with Crippen molar-refractivity contribution in [3.63, 3.8) is 0 Å². The van der Waals surface area contributed by atoms with Crippen LogP contribution < -0.4 is 15.6 Å². The van der Waals surface area contributed by atoms with Crippen LogP contribution in [0.1, 0.15) is 19.4 Å². The van der Waals surface area contributed by atoms with Crippen molar-refractivity contribution in [1.82, 2.24) is 14.9 Å². The summed E-state index contributed by atoms with van der Waals surface area (Å²) in [7, 11) is 1.51. The minimum atomic E-state index is -0.219. The maximum Gasteiger partial charge on any atom is 0.278 e. The Morgan fingerprint density at radius 2 is 2.26 bits per heavy atom. The molecule has 6 nitrogen and oxygen atoms in total. The standard InChI is InChI=1S/C13H17N3O3/c1-8(2)12(17)14-7-10-11(19-3)6-9-4-5-15-16(9)13(10)18/h4-6,8,15H,7H2,1-3H3,(H,14,17). The molecule has 0 aromatic carbocycles. The molecule has 0 atom stereocenters. The number of carbonyl (C=O) groups excluding carboxylic acids is 1. The predicted molar refractivity (Wildman–Crippen MR) is 71.3 cm³/mol. The Hall–Kier alpha value is -2.24. The van der Waals surface area contributed by atoms with Crippen LogP contribution in [0, 0.1) is 5.92 Å². The lowest BCUT2D eigenvalue weighted by Gasteiger charge is -2.11. The molecule has 0 aliphatic rings. The summed E-state index contributed by atoms with van der Waals surface area (Å²) in [5, 5.41) is 5.55. The van der Waals surface area contributed by atoms with Crippen molar-refractivity contribution in [1.29, 1.82) is 0 Å². The maximum atomic E-state index is 12.3. The zero-order chi connectivity index (χ0) is 14.0. The molecule has 0 saturated carbocycles. The fourth-order valence-corrected chi connectivity index (χ4v) is 1.82. The van der Waals surface area contributed by atoms with Crippen LogP contribution in [0.25, 0.3) is 5.52 Å². The van der Waals surface area contributed by atoms with Crippen LogP contribution in [0.3, 0.4) is 0 Å². The Morgan fingerprint density at radius 3 is 2.89 bits per heavy atom. The fourth-order valence-electron chi connectivity index (χ4n) is 1.82. The summed E-state index contributed by atoms with van der Waals surface area (Å²) < 4.78 is 6.63. The molecule has 2 rings (SSSR count). The average Bonchev–Trinajstić information content (AvgIpc) is 2.85. The number of nitrogens with one attached hydrogen (secondary N) is 2. The number of fused-ring (bicyclic) bond motifs is 1. The molecule has 0 aliphatic heterocycles. The summed E-state index contributed by atoms with van der Waals surface area (Å²) in [5.74, 6) is 0.259. The minimum Gasteiger partial charge on any atom is -0.496 e. The molecule has 0 spiro atoms. The van der Waals surface area contributed by atoms with E-state index in [0.717, 1.165) is 5.52 Å². The van der Waals surface area contributed by atoms with Gasteiger partial charge in [0.1, 0.15) is 5.75 Å². The van der Waals surface area contributed by atoms with Crippen LogP contribution in [0.2, 0.25) is 0 Å². The first kappa shape index (κ1) is 13.2. The van der Waals surface area contributed by atoms with Crippen LogP contribution in [-0.2, 0) is 11.3 Å². The molecule has 19 heavy (non-hydrogen) atoms. The normalized spacial score (nSPS) is 10.9. The van der Waals surface area contributed by atoms with E-state index in [1.807, 2.05) is 0 Å². The van der Waals surface area contributed by atoms with Gasteiger partial charge in [0.2, 0.25) is 5.91 Å². The number of amides is 1. The second-order valence-corrected chi connectivity index (χ2v) is 4.59. The number of H-pyrrole nitrogens is 1. The summed E-state index contributed by atoms with van der Waals surface area (Å²) in [6, 6.07) is 3.54. The highest BCUT2D eigenvalue weighted by Crippen LogP contribution is 2.17. The first-order valence-electron chi connectivity index (χ1n) is 6.08. The van der Waals surface area contributed by atoms with Gasteiger partial charge in [-0.25, -0.2) is 4.52 Å². The van der Waals surface area contributed by atoms with E-state index in [1.165, 1.54) is 11.6 Å². The first-order chi connectivity index (χ1) is 9.04. The van der Waals surface area contributed by atoms with Gasteiger partial charge in [-0.15, -0.1) is 0 Å². The number of carbonyl (C=O) groups is 1. The smallest absolute Gasteiger partial charge is 0.278 e. The molecule has 0 bridgehead atoms. The molecule has 0 radical (unpaired) electrons. The number of pyridine rings is 1. The third kappa shape index (κ3) is 2.47. The molecule has 0 fully saturated rings. The number of hydrogen-bond donors (Lipinski definition) is 2. The molecule has 102 valence electrons. The largest absolute Gasteiger partial charge is 0.496 e. The predicted octanol–water partition coefficient (Wildman–Crippen LogP) is 0.908. The van der Waals surface area contributed by atoms with Gasteiger partial charge in [0.15, 0.2) is 0 Å². The highest BCUT2D eigenvalue weighted by atomic mass is 16.5. The van der Waals surface area contributed by atoms with Gasteiger partial charge in [0, 0.05) is 18.2 Å². The molecule has 2 N–H and O–H groups in total. The zero-order valence-electron chi connectivity index (χ0n) is 11.2. The van der Waals surface area contributed by atoms with Gasteiger partial charge in [0.05, 0.1) is 24.7 Å². The minimum absolute atomic E-state index is 0.0990. The average molecular weight is 263 g/mol. The molecule has 2 aromatic heterocycles. The summed E-state index contributed by atoms with van der Waals surface area (Å²) in [4.78, 5) is 23.8. The number of nitrogens with zero attached hydrogens (tertiary/aromatic N) is 1. The van der Waals surface area contributed by atoms with E-state index >= 15 is 0 Å². The summed E-state index contributed by atoms with van der Waals surface area (Å²) in [6.07, 6.45) is 1.67. The van der Waals surface area contributed by atoms with Gasteiger partial charge in [-0.05, 0) is 6.07 Å². The quantitative estimate of drug-likeness (QED) is 0.860. The number of hydrogen-bond acceptors (Lipinski definition) is 3. The summed E-state index contributed by atoms with van der Waals surface area (Å²) >= 11 is 0. The van der Waals surface area contributed by atoms with Gasteiger partial charge in [0.25, 0.3) is 5.56 Å². The van der Waals surface area contributed by atoms with E-state index in [9.17, 15) is 9.59 Å². The number of aromatic nitrogens is 2. The third-order valence-electron chi connectivity index (χ3n) is 2.94. The summed E-state index contributed by atoms with van der Waals surface area (Å²) in [6.45, 7) is 3.75. The number of methoxy groups -OCH3 is 1. The molecule has 0 saturated heterocycles. The molecule has 2 aromatic rings. The number of aromatic amines is 1. The summed E-state index contributed by atoms with van der Waals surface area (Å²) in [5.41, 5.74) is 0.931. The van der Waals surface area contributed by atoms with E-state index in [1.54, 1.807) is 32.2 Å². The Kier molecular flexibility index (Phi) is 3.59. The van der Waals surface area contributed by atoms with Gasteiger partial charge in [-0.3, -0.25) is 14.7 Å². The third-order valence-corrected chi connectivity index (χ3v) is 2.94. The molecule has 0 aliphatic carbocycles. The van der Waals surface area contributed by atoms with E-state index < -0.39 is 0 Å². The molecular formula is C13H17N3O3. The van der Waals surface area contributed by atoms with E-state index in [0.29, 0.717) is 11.3 Å². The fraction of sp³-hybridized carbons (Fsp3) is 0.385. The van der Waals surface area contributed by atoms with E-state index in [2.05, 4.69) is 10.4 Å². The Balaban J connectivity index is 2.38. The monoisotopic (exact) mass is 263 g/mol. The molecule has 2 heterocycles. The van der Waals surface area contributed by atoms with Crippen LogP contribution in [0.15, 0.2) is 23.1 Å². The van der Waals surface area contributed by atoms with Crippen LogP contribution in [0.5, 0.6) is 5.75 Å². The number of ether oxygens (including phenoxy) is 1. The Bertz CT molecular complexity index is 655. The zero-order valence-corrected chi connectivity index (χ0v) is 11.2. The lowest BCUT2D eigenvalue weighted by atomic mass is 10.2. The second-order valence-electron chi connectivity index (χ2n) is 4.59. The topological polar surface area (TPSA) is 75.6 Å². The van der Waals surface area contributed by atoms with Crippen molar-refractivity contribution < 1.29 is 9.53 Å². The SMILES string of the molecule is COc1cc2cc[nH]n2c(=O)c1CNC(=O)C(C)C. The maximum absolute atomic E-state index is 12.3. The van der Waals surface area contributed by atoms with Gasteiger partial charge >= 0.3 is 0 Å². The van der Waals surface area contributed by atoms with Crippen LogP contribution >= 0.6 is 0 Å². The van der Waals surface area contributed by atoms with Crippen molar-refractivity contribution in [2.24, 2.45) is 5.92 Å². The van der Waals surface area contributed by atoms with Gasteiger partial charge in [-0.1, -0.05) is 13.8 Å². The molecule has 1 amide bonds. The second kappa shape index (κ2) is 5.17. The lowest BCUT2D eigenvalue weighted by Crippen LogP contribution is -2.31. The molecule has 0 unspecified atom stereocenters. The first-order valence-corrected chi connectivity index (χ1v) is 6.08. The Labute approximate surface area is 110 Å². The van der Waals surface area contributed by atoms with Crippen molar-refractivity contribution in [3.8, 4) is 5.75 Å². The Morgan fingerprint density at radius 1 is 1.53 bits per heavy atom. The van der Waals surface area contributed by atoms with Crippen LogP contribution in [-0.4, -0.2) is 22.6 Å². The van der Waals surface area contributed by atoms with E-state index in [-0.39, 0.29) is 23.9 Å². The van der Waals surface area contributed by atoms with E-state index in [4.69, 9.17) is 4.74 Å². The van der Waals surface area contributed by atoms with Crippen molar-refractivity contribution >= 4 is 11.4 Å². The molecular weight excluding hydrogens is 246 g/mol. The van der Waals surface area contributed by atoms with Crippen LogP contribution in [0.4, 0.5) is 0 Å². The lowest BCUT2D eigenvalue weighted by molar-refractivity contribution is -0.124. The van der Waals surface area contributed by atoms with Gasteiger partial charge in [-0.2, -0.15) is 0 Å². The van der Waals surface area contributed by atoms with Crippen molar-refractivity contribution in [2.45, 2.75) is 20.4 Å².